The highest BCUT2D eigenvalue weighted by Crippen LogP contribution is 2.62. The van der Waals surface area contributed by atoms with Crippen LogP contribution in [0.15, 0.2) is 0 Å². The van der Waals surface area contributed by atoms with Gasteiger partial charge in [-0.15, -0.1) is 0 Å². The van der Waals surface area contributed by atoms with Gasteiger partial charge >= 0.3 is 0 Å². The zero-order chi connectivity index (χ0) is 10.6. The van der Waals surface area contributed by atoms with Gasteiger partial charge in [0, 0.05) is 0 Å². The van der Waals surface area contributed by atoms with E-state index in [2.05, 4.69) is 13.8 Å². The van der Waals surface area contributed by atoms with Gasteiger partial charge in [-0.3, -0.25) is 0 Å². The zero-order valence-corrected chi connectivity index (χ0v) is 9.68. The van der Waals surface area contributed by atoms with Crippen LogP contribution in [0.25, 0.3) is 0 Å². The Morgan fingerprint density at radius 3 is 2.43 bits per heavy atom. The summed E-state index contributed by atoms with van der Waals surface area (Å²) in [4.78, 5) is 0. The molecule has 82 valence electrons. The first-order valence-corrected chi connectivity index (χ1v) is 7.11. The fourth-order valence-corrected chi connectivity index (χ4v) is 5.13. The molecule has 0 amide bonds. The van der Waals surface area contributed by atoms with Crippen molar-refractivity contribution in [2.75, 3.05) is 18.1 Å². The summed E-state index contributed by atoms with van der Waals surface area (Å²) >= 11 is 0. The van der Waals surface area contributed by atoms with Crippen LogP contribution >= 0.6 is 0 Å². The fourth-order valence-electron chi connectivity index (χ4n) is 3.28. The molecular formula is C10H19NO2S. The van der Waals surface area contributed by atoms with Crippen LogP contribution in [0.2, 0.25) is 0 Å². The summed E-state index contributed by atoms with van der Waals surface area (Å²) in [6, 6.07) is 0. The van der Waals surface area contributed by atoms with Gasteiger partial charge in [0.1, 0.15) is 0 Å². The molecule has 0 aromatic carbocycles. The van der Waals surface area contributed by atoms with Gasteiger partial charge in [0.15, 0.2) is 9.84 Å². The van der Waals surface area contributed by atoms with Crippen LogP contribution in [0, 0.1) is 23.2 Å². The van der Waals surface area contributed by atoms with Crippen molar-refractivity contribution in [1.82, 2.24) is 0 Å². The molecule has 2 rings (SSSR count). The highest BCUT2D eigenvalue weighted by Gasteiger charge is 2.60. The van der Waals surface area contributed by atoms with Gasteiger partial charge in [-0.1, -0.05) is 13.8 Å². The lowest BCUT2D eigenvalue weighted by molar-refractivity contribution is 0.429. The molecule has 2 N–H and O–H groups in total. The predicted octanol–water partition coefficient (Wildman–Crippen LogP) is 0.652. The van der Waals surface area contributed by atoms with E-state index in [1.807, 2.05) is 0 Å². The summed E-state index contributed by atoms with van der Waals surface area (Å²) in [6.45, 7) is 5.12. The second-order valence-electron chi connectivity index (χ2n) is 5.35. The Balaban J connectivity index is 2.07. The maximum absolute atomic E-state index is 11.3. The fraction of sp³-hybridized carbons (Fsp3) is 1.00. The van der Waals surface area contributed by atoms with Gasteiger partial charge < -0.3 is 5.73 Å². The minimum Gasteiger partial charge on any atom is -0.330 e. The Labute approximate surface area is 86.0 Å². The Kier molecular flexibility index (Phi) is 2.20. The summed E-state index contributed by atoms with van der Waals surface area (Å²) in [5, 5.41) is 0. The third-order valence-electron chi connectivity index (χ3n) is 4.17. The molecule has 0 aromatic rings. The van der Waals surface area contributed by atoms with Gasteiger partial charge in [-0.25, -0.2) is 8.42 Å². The minimum atomic E-state index is -2.72. The first kappa shape index (κ1) is 10.4. The molecule has 0 radical (unpaired) electrons. The van der Waals surface area contributed by atoms with Crippen molar-refractivity contribution in [3.8, 4) is 0 Å². The van der Waals surface area contributed by atoms with E-state index in [1.54, 1.807) is 0 Å². The van der Waals surface area contributed by atoms with Crippen molar-refractivity contribution < 1.29 is 8.42 Å². The number of sulfone groups is 1. The lowest BCUT2D eigenvalue weighted by atomic mass is 9.97. The van der Waals surface area contributed by atoms with Crippen LogP contribution in [0.1, 0.15) is 20.3 Å². The number of hydrogen-bond acceptors (Lipinski definition) is 3. The van der Waals surface area contributed by atoms with Crippen molar-refractivity contribution in [2.24, 2.45) is 28.9 Å². The van der Waals surface area contributed by atoms with E-state index < -0.39 is 9.84 Å². The lowest BCUT2D eigenvalue weighted by Crippen LogP contribution is -2.11. The molecule has 1 aliphatic carbocycles. The van der Waals surface area contributed by atoms with Gasteiger partial charge in [0.25, 0.3) is 0 Å². The number of nitrogens with two attached hydrogens (primary N) is 1. The smallest absolute Gasteiger partial charge is 0.150 e. The molecule has 1 aliphatic heterocycles. The van der Waals surface area contributed by atoms with E-state index in [4.69, 9.17) is 5.73 Å². The van der Waals surface area contributed by atoms with Crippen LogP contribution in [0.5, 0.6) is 0 Å². The molecule has 0 spiro atoms. The Bertz CT molecular complexity index is 334. The quantitative estimate of drug-likeness (QED) is 0.739. The van der Waals surface area contributed by atoms with E-state index in [0.29, 0.717) is 35.8 Å². The van der Waals surface area contributed by atoms with Gasteiger partial charge in [0.05, 0.1) is 11.5 Å². The molecule has 0 bridgehead atoms. The summed E-state index contributed by atoms with van der Waals surface area (Å²) in [7, 11) is -2.72. The molecule has 3 nitrogen and oxygen atoms in total. The summed E-state index contributed by atoms with van der Waals surface area (Å²) in [6.07, 6.45) is 0.854. The molecule has 1 unspecified atom stereocenters. The standard InChI is InChI=1S/C10H19NO2S/c1-10(2)8(5-11)9(10)7-3-4-14(12,13)6-7/h7-9H,3-6,11H2,1-2H3/t7?,8-,9-/m0/s1. The second kappa shape index (κ2) is 2.95. The topological polar surface area (TPSA) is 60.2 Å². The molecule has 2 fully saturated rings. The van der Waals surface area contributed by atoms with Gasteiger partial charge in [-0.2, -0.15) is 0 Å². The predicted molar refractivity (Wildman–Crippen MR) is 56.6 cm³/mol. The van der Waals surface area contributed by atoms with Crippen molar-refractivity contribution in [1.29, 1.82) is 0 Å². The second-order valence-corrected chi connectivity index (χ2v) is 7.58. The third-order valence-corrected chi connectivity index (χ3v) is 5.96. The summed E-state index contributed by atoms with van der Waals surface area (Å²) < 4.78 is 22.7. The molecule has 1 saturated heterocycles. The zero-order valence-electron chi connectivity index (χ0n) is 8.86. The lowest BCUT2D eigenvalue weighted by Gasteiger charge is -2.08. The average molecular weight is 217 g/mol. The molecule has 1 saturated carbocycles. The van der Waals surface area contributed by atoms with Gasteiger partial charge in [0.2, 0.25) is 0 Å². The Morgan fingerprint density at radius 1 is 1.43 bits per heavy atom. The van der Waals surface area contributed by atoms with Crippen LogP contribution in [-0.4, -0.2) is 26.5 Å². The van der Waals surface area contributed by atoms with E-state index in [9.17, 15) is 8.42 Å². The molecular weight excluding hydrogens is 198 g/mol. The molecule has 3 atom stereocenters. The van der Waals surface area contributed by atoms with Crippen LogP contribution in [0.3, 0.4) is 0 Å². The molecule has 14 heavy (non-hydrogen) atoms. The van der Waals surface area contributed by atoms with Crippen LogP contribution in [0.4, 0.5) is 0 Å². The molecule has 0 aromatic heterocycles. The van der Waals surface area contributed by atoms with E-state index in [-0.39, 0.29) is 5.41 Å². The first-order valence-electron chi connectivity index (χ1n) is 5.29. The monoisotopic (exact) mass is 217 g/mol. The van der Waals surface area contributed by atoms with Crippen LogP contribution in [-0.2, 0) is 9.84 Å². The van der Waals surface area contributed by atoms with Crippen molar-refractivity contribution in [2.45, 2.75) is 20.3 Å². The van der Waals surface area contributed by atoms with Crippen molar-refractivity contribution in [3.63, 3.8) is 0 Å². The first-order chi connectivity index (χ1) is 6.38. The largest absolute Gasteiger partial charge is 0.330 e. The average Bonchev–Trinajstić information content (AvgIpc) is 2.41. The van der Waals surface area contributed by atoms with Gasteiger partial charge in [-0.05, 0) is 36.1 Å². The Morgan fingerprint density at radius 2 is 2.07 bits per heavy atom. The molecule has 1 heterocycles. The molecule has 2 aliphatic rings. The van der Waals surface area contributed by atoms with Crippen molar-refractivity contribution >= 4 is 9.84 Å². The van der Waals surface area contributed by atoms with Crippen LogP contribution < -0.4 is 5.73 Å². The summed E-state index contributed by atoms with van der Waals surface area (Å²) in [5.41, 5.74) is 5.96. The molecule has 4 heteroatoms. The number of hydrogen-bond donors (Lipinski definition) is 1. The van der Waals surface area contributed by atoms with Crippen molar-refractivity contribution in [3.05, 3.63) is 0 Å². The highest BCUT2D eigenvalue weighted by molar-refractivity contribution is 7.91. The minimum absolute atomic E-state index is 0.277. The van der Waals surface area contributed by atoms with E-state index in [1.165, 1.54) is 0 Å². The highest BCUT2D eigenvalue weighted by atomic mass is 32.2. The maximum atomic E-state index is 11.3. The Hall–Kier alpha value is -0.0900. The SMILES string of the molecule is CC1(C)[C@@H](CN)[C@@H]1C1CCS(=O)(=O)C1. The third kappa shape index (κ3) is 1.48. The van der Waals surface area contributed by atoms with E-state index in [0.717, 1.165) is 6.42 Å². The number of rotatable bonds is 2. The van der Waals surface area contributed by atoms with E-state index >= 15 is 0 Å². The normalized spacial score (nSPS) is 43.8. The maximum Gasteiger partial charge on any atom is 0.150 e. The summed E-state index contributed by atoms with van der Waals surface area (Å²) in [5.74, 6) is 2.26.